The van der Waals surface area contributed by atoms with E-state index < -0.39 is 0 Å². The molecule has 0 aliphatic carbocycles. The van der Waals surface area contributed by atoms with Crippen LogP contribution < -0.4 is 20.1 Å². The summed E-state index contributed by atoms with van der Waals surface area (Å²) >= 11 is 0. The summed E-state index contributed by atoms with van der Waals surface area (Å²) in [4.78, 5) is 4.34. The minimum absolute atomic E-state index is 0. The zero-order valence-electron chi connectivity index (χ0n) is 19.8. The Morgan fingerprint density at radius 3 is 2.55 bits per heavy atom. The highest BCUT2D eigenvalue weighted by Gasteiger charge is 2.17. The van der Waals surface area contributed by atoms with Gasteiger partial charge in [0, 0.05) is 45.3 Å². The lowest BCUT2D eigenvalue weighted by atomic mass is 10.1. The average Bonchev–Trinajstić information content (AvgIpc) is 3.33. The topological polar surface area (TPSA) is 73.3 Å². The van der Waals surface area contributed by atoms with E-state index in [2.05, 4.69) is 40.7 Å². The molecule has 8 heteroatoms. The summed E-state index contributed by atoms with van der Waals surface area (Å²) in [5.41, 5.74) is 3.43. The van der Waals surface area contributed by atoms with Crippen LogP contribution in [0.2, 0.25) is 0 Å². The molecule has 1 fully saturated rings. The van der Waals surface area contributed by atoms with Gasteiger partial charge in [0.1, 0.15) is 18.1 Å². The van der Waals surface area contributed by atoms with Crippen molar-refractivity contribution in [1.29, 1.82) is 0 Å². The number of aliphatic imine (C=N–C) groups is 1. The van der Waals surface area contributed by atoms with E-state index in [1.165, 1.54) is 5.56 Å². The molecule has 1 saturated heterocycles. The van der Waals surface area contributed by atoms with E-state index in [9.17, 15) is 0 Å². The van der Waals surface area contributed by atoms with Crippen molar-refractivity contribution in [2.75, 3.05) is 47.2 Å². The Hall–Kier alpha value is -2.04. The van der Waals surface area contributed by atoms with Gasteiger partial charge in [0.05, 0.1) is 19.8 Å². The van der Waals surface area contributed by atoms with Gasteiger partial charge in [-0.2, -0.15) is 0 Å². The molecule has 1 heterocycles. The molecule has 0 aromatic heterocycles. The third-order valence-corrected chi connectivity index (χ3v) is 5.33. The third kappa shape index (κ3) is 9.38. The number of benzene rings is 2. The number of nitrogens with one attached hydrogen (secondary N) is 2. The van der Waals surface area contributed by atoms with E-state index in [1.807, 2.05) is 24.3 Å². The standard InChI is InChI=1S/C25H35N3O4.HI/c1-19-4-7-22(24(14-19)32-18-21-10-11-30-17-21)16-28-25(26-2)27-15-20-5-8-23(9-6-20)31-13-12-29-3;/h4-9,14,21H,10-13,15-18H2,1-3H3,(H2,26,27,28);1H. The number of hydrogen-bond acceptors (Lipinski definition) is 5. The van der Waals surface area contributed by atoms with Crippen LogP contribution in [0.25, 0.3) is 0 Å². The Morgan fingerprint density at radius 2 is 1.85 bits per heavy atom. The fraction of sp³-hybridized carbons (Fsp3) is 0.480. The molecule has 2 aromatic carbocycles. The average molecular weight is 569 g/mol. The first kappa shape index (κ1) is 27.2. The molecule has 7 nitrogen and oxygen atoms in total. The van der Waals surface area contributed by atoms with Crippen LogP contribution in [0.15, 0.2) is 47.5 Å². The first-order valence-electron chi connectivity index (χ1n) is 11.1. The Kier molecular flexibility index (Phi) is 12.3. The van der Waals surface area contributed by atoms with Crippen LogP contribution in [0.1, 0.15) is 23.1 Å². The van der Waals surface area contributed by atoms with Gasteiger partial charge in [-0.15, -0.1) is 24.0 Å². The second-order valence-electron chi connectivity index (χ2n) is 7.92. The number of guanidine groups is 1. The number of methoxy groups -OCH3 is 1. The number of hydrogen-bond donors (Lipinski definition) is 2. The van der Waals surface area contributed by atoms with E-state index in [0.717, 1.165) is 48.2 Å². The Balaban J connectivity index is 0.00000385. The second-order valence-corrected chi connectivity index (χ2v) is 7.92. The maximum Gasteiger partial charge on any atom is 0.191 e. The van der Waals surface area contributed by atoms with Gasteiger partial charge in [-0.25, -0.2) is 0 Å². The quantitative estimate of drug-likeness (QED) is 0.185. The van der Waals surface area contributed by atoms with Gasteiger partial charge in [0.2, 0.25) is 0 Å². The zero-order chi connectivity index (χ0) is 22.6. The van der Waals surface area contributed by atoms with Gasteiger partial charge in [-0.05, 0) is 42.7 Å². The maximum atomic E-state index is 6.14. The lowest BCUT2D eigenvalue weighted by Crippen LogP contribution is -2.36. The summed E-state index contributed by atoms with van der Waals surface area (Å²) in [7, 11) is 3.44. The second kappa shape index (κ2) is 15.0. The highest BCUT2D eigenvalue weighted by molar-refractivity contribution is 14.0. The fourth-order valence-corrected chi connectivity index (χ4v) is 3.40. The third-order valence-electron chi connectivity index (χ3n) is 5.33. The molecule has 182 valence electrons. The minimum Gasteiger partial charge on any atom is -0.493 e. The van der Waals surface area contributed by atoms with Gasteiger partial charge in [0.15, 0.2) is 5.96 Å². The van der Waals surface area contributed by atoms with Crippen molar-refractivity contribution in [2.45, 2.75) is 26.4 Å². The number of aryl methyl sites for hydroxylation is 1. The van der Waals surface area contributed by atoms with Crippen molar-refractivity contribution in [3.63, 3.8) is 0 Å². The van der Waals surface area contributed by atoms with E-state index in [0.29, 0.717) is 38.8 Å². The molecule has 0 saturated carbocycles. The molecule has 1 atom stereocenters. The summed E-state index contributed by atoms with van der Waals surface area (Å²) in [6.45, 7) is 6.81. The lowest BCUT2D eigenvalue weighted by Gasteiger charge is -2.17. The van der Waals surface area contributed by atoms with E-state index in [1.54, 1.807) is 14.2 Å². The number of halogens is 1. The number of nitrogens with zero attached hydrogens (tertiary/aromatic N) is 1. The molecule has 0 spiro atoms. The van der Waals surface area contributed by atoms with Crippen molar-refractivity contribution >= 4 is 29.9 Å². The molecular weight excluding hydrogens is 533 g/mol. The van der Waals surface area contributed by atoms with Crippen molar-refractivity contribution in [3.8, 4) is 11.5 Å². The van der Waals surface area contributed by atoms with Crippen molar-refractivity contribution < 1.29 is 18.9 Å². The predicted molar refractivity (Wildman–Crippen MR) is 142 cm³/mol. The van der Waals surface area contributed by atoms with Crippen molar-refractivity contribution in [3.05, 3.63) is 59.2 Å². The summed E-state index contributed by atoms with van der Waals surface area (Å²) < 4.78 is 22.2. The van der Waals surface area contributed by atoms with Gasteiger partial charge in [0.25, 0.3) is 0 Å². The first-order chi connectivity index (χ1) is 15.7. The molecule has 1 aliphatic heterocycles. The Morgan fingerprint density at radius 1 is 1.06 bits per heavy atom. The van der Waals surface area contributed by atoms with Crippen LogP contribution in [0.4, 0.5) is 0 Å². The highest BCUT2D eigenvalue weighted by atomic mass is 127. The van der Waals surface area contributed by atoms with Gasteiger partial charge in [-0.3, -0.25) is 4.99 Å². The molecule has 2 N–H and O–H groups in total. The van der Waals surface area contributed by atoms with Gasteiger partial charge >= 0.3 is 0 Å². The molecule has 0 amide bonds. The van der Waals surface area contributed by atoms with Crippen LogP contribution in [-0.4, -0.2) is 53.2 Å². The molecule has 2 aromatic rings. The molecule has 1 aliphatic rings. The van der Waals surface area contributed by atoms with Gasteiger partial charge in [-0.1, -0.05) is 24.3 Å². The highest BCUT2D eigenvalue weighted by Crippen LogP contribution is 2.22. The van der Waals surface area contributed by atoms with Crippen LogP contribution in [0.5, 0.6) is 11.5 Å². The predicted octanol–water partition coefficient (Wildman–Crippen LogP) is 3.92. The summed E-state index contributed by atoms with van der Waals surface area (Å²) in [5.74, 6) is 2.97. The Bertz CT molecular complexity index is 855. The summed E-state index contributed by atoms with van der Waals surface area (Å²) in [5, 5.41) is 6.74. The molecule has 3 rings (SSSR count). The van der Waals surface area contributed by atoms with E-state index in [4.69, 9.17) is 18.9 Å². The minimum atomic E-state index is 0. The van der Waals surface area contributed by atoms with Crippen LogP contribution in [0.3, 0.4) is 0 Å². The number of rotatable bonds is 11. The summed E-state index contributed by atoms with van der Waals surface area (Å²) in [6, 6.07) is 14.3. The van der Waals surface area contributed by atoms with Crippen molar-refractivity contribution in [2.24, 2.45) is 10.9 Å². The van der Waals surface area contributed by atoms with Gasteiger partial charge < -0.3 is 29.6 Å². The first-order valence-corrected chi connectivity index (χ1v) is 11.1. The fourth-order valence-electron chi connectivity index (χ4n) is 3.40. The largest absolute Gasteiger partial charge is 0.493 e. The molecule has 1 unspecified atom stereocenters. The monoisotopic (exact) mass is 569 g/mol. The number of ether oxygens (including phenoxy) is 4. The van der Waals surface area contributed by atoms with Crippen LogP contribution >= 0.6 is 24.0 Å². The lowest BCUT2D eigenvalue weighted by molar-refractivity contribution is 0.146. The summed E-state index contributed by atoms with van der Waals surface area (Å²) in [6.07, 6.45) is 1.07. The Labute approximate surface area is 214 Å². The molecule has 0 bridgehead atoms. The van der Waals surface area contributed by atoms with Crippen molar-refractivity contribution in [1.82, 2.24) is 10.6 Å². The SMILES string of the molecule is CN=C(NCc1ccc(OCCOC)cc1)NCc1ccc(C)cc1OCC1CCOC1.I. The molecule has 33 heavy (non-hydrogen) atoms. The smallest absolute Gasteiger partial charge is 0.191 e. The maximum absolute atomic E-state index is 6.14. The molecule has 0 radical (unpaired) electrons. The van der Waals surface area contributed by atoms with Crippen LogP contribution in [-0.2, 0) is 22.6 Å². The normalized spacial score (nSPS) is 15.6. The van der Waals surface area contributed by atoms with Crippen LogP contribution in [0, 0.1) is 12.8 Å². The van der Waals surface area contributed by atoms with E-state index >= 15 is 0 Å². The molecular formula is C25H36IN3O4. The zero-order valence-corrected chi connectivity index (χ0v) is 22.1. The van der Waals surface area contributed by atoms with E-state index in [-0.39, 0.29) is 24.0 Å².